The van der Waals surface area contributed by atoms with E-state index in [1.165, 1.54) is 31.9 Å². The molecule has 84 valence electrons. The number of nitrogens with zero attached hydrogens (tertiary/aromatic N) is 1. The average molecular weight is 210 g/mol. The summed E-state index contributed by atoms with van der Waals surface area (Å²) in [5.74, 6) is -0.163. The lowest BCUT2D eigenvalue weighted by atomic mass is 10.1. The number of hydrogen-bond acceptors (Lipinski definition) is 2. The molecule has 0 aliphatic carbocycles. The van der Waals surface area contributed by atoms with Gasteiger partial charge in [-0.05, 0) is 6.42 Å². The average Bonchev–Trinajstić information content (AvgIpc) is 2.66. The van der Waals surface area contributed by atoms with Gasteiger partial charge in [0.25, 0.3) is 0 Å². The zero-order valence-electron chi connectivity index (χ0n) is 9.12. The van der Waals surface area contributed by atoms with Crippen molar-refractivity contribution in [2.75, 3.05) is 0 Å². The van der Waals surface area contributed by atoms with Crippen LogP contribution < -0.4 is 0 Å². The van der Waals surface area contributed by atoms with Crippen LogP contribution >= 0.6 is 0 Å². The Kier molecular flexibility index (Phi) is 4.87. The predicted octanol–water partition coefficient (Wildman–Crippen LogP) is 2.62. The molecule has 15 heavy (non-hydrogen) atoms. The van der Waals surface area contributed by atoms with Crippen LogP contribution in [0.25, 0.3) is 0 Å². The maximum absolute atomic E-state index is 10.6. The Morgan fingerprint density at radius 1 is 1.40 bits per heavy atom. The Hall–Kier alpha value is -1.32. The summed E-state index contributed by atoms with van der Waals surface area (Å²) in [6.45, 7) is 2.19. The fraction of sp³-hybridized carbons (Fsp3) is 0.636. The highest BCUT2D eigenvalue weighted by Crippen LogP contribution is 2.06. The maximum Gasteiger partial charge on any atom is 0.353 e. The van der Waals surface area contributed by atoms with Crippen molar-refractivity contribution in [2.24, 2.45) is 0 Å². The Labute approximate surface area is 89.7 Å². The summed E-state index contributed by atoms with van der Waals surface area (Å²) in [5, 5.41) is 8.67. The molecule has 2 N–H and O–H groups in total. The van der Waals surface area contributed by atoms with Crippen molar-refractivity contribution in [1.29, 1.82) is 0 Å². The molecule has 0 amide bonds. The van der Waals surface area contributed by atoms with E-state index in [4.69, 9.17) is 5.11 Å². The highest BCUT2D eigenvalue weighted by atomic mass is 16.4. The molecule has 0 radical (unpaired) electrons. The molecule has 1 aromatic heterocycles. The molecule has 1 heterocycles. The molecule has 0 bridgehead atoms. The highest BCUT2D eigenvalue weighted by Gasteiger charge is 2.06. The zero-order chi connectivity index (χ0) is 11.1. The Morgan fingerprint density at radius 2 is 2.13 bits per heavy atom. The van der Waals surface area contributed by atoms with Gasteiger partial charge < -0.3 is 10.1 Å². The van der Waals surface area contributed by atoms with E-state index in [-0.39, 0.29) is 5.69 Å². The minimum Gasteiger partial charge on any atom is -0.477 e. The molecule has 0 saturated heterocycles. The van der Waals surface area contributed by atoms with Crippen molar-refractivity contribution >= 4 is 5.97 Å². The topological polar surface area (TPSA) is 66.0 Å². The van der Waals surface area contributed by atoms with E-state index >= 15 is 0 Å². The van der Waals surface area contributed by atoms with Crippen molar-refractivity contribution in [1.82, 2.24) is 9.97 Å². The van der Waals surface area contributed by atoms with Crippen LogP contribution in [0.3, 0.4) is 0 Å². The Bertz CT molecular complexity index is 307. The monoisotopic (exact) mass is 210 g/mol. The number of aromatic nitrogens is 2. The number of unbranched alkanes of at least 4 members (excludes halogenated alkanes) is 4. The number of rotatable bonds is 7. The zero-order valence-corrected chi connectivity index (χ0v) is 9.12. The van der Waals surface area contributed by atoms with E-state index in [1.807, 2.05) is 0 Å². The van der Waals surface area contributed by atoms with Crippen molar-refractivity contribution < 1.29 is 9.90 Å². The van der Waals surface area contributed by atoms with Gasteiger partial charge in [0.1, 0.15) is 11.5 Å². The molecule has 0 aromatic carbocycles. The first-order chi connectivity index (χ1) is 7.24. The number of H-pyrrole nitrogens is 1. The van der Waals surface area contributed by atoms with E-state index < -0.39 is 5.97 Å². The molecule has 0 aliphatic heterocycles. The second-order valence-electron chi connectivity index (χ2n) is 3.71. The standard InChI is InChI=1S/C11H18N2O2/c1-2-3-4-5-6-7-10-12-8-9(13-10)11(14)15/h8H,2-7H2,1H3,(H,12,13)(H,14,15). The molecule has 0 saturated carbocycles. The largest absolute Gasteiger partial charge is 0.477 e. The lowest BCUT2D eigenvalue weighted by Gasteiger charge is -1.97. The fourth-order valence-corrected chi connectivity index (χ4v) is 1.49. The first kappa shape index (κ1) is 11.8. The molecular formula is C11H18N2O2. The van der Waals surface area contributed by atoms with Crippen LogP contribution in [0.15, 0.2) is 6.20 Å². The number of nitrogens with one attached hydrogen (secondary N) is 1. The molecule has 0 atom stereocenters. The number of carboxylic acid groups (broad SMARTS) is 1. The SMILES string of the molecule is CCCCCCCc1ncc(C(=O)O)[nH]1. The highest BCUT2D eigenvalue weighted by molar-refractivity contribution is 5.84. The van der Waals surface area contributed by atoms with Crippen LogP contribution in [-0.4, -0.2) is 21.0 Å². The third-order valence-electron chi connectivity index (χ3n) is 2.38. The Balaban J connectivity index is 2.23. The minimum absolute atomic E-state index is 0.179. The summed E-state index contributed by atoms with van der Waals surface area (Å²) in [5.41, 5.74) is 0.179. The predicted molar refractivity (Wildman–Crippen MR) is 58.0 cm³/mol. The second-order valence-corrected chi connectivity index (χ2v) is 3.71. The number of carboxylic acids is 1. The van der Waals surface area contributed by atoms with Crippen molar-refractivity contribution in [3.8, 4) is 0 Å². The maximum atomic E-state index is 10.6. The lowest BCUT2D eigenvalue weighted by Crippen LogP contribution is -1.96. The van der Waals surface area contributed by atoms with E-state index in [0.29, 0.717) is 0 Å². The van der Waals surface area contributed by atoms with Gasteiger partial charge in [0, 0.05) is 6.42 Å². The molecule has 0 fully saturated rings. The van der Waals surface area contributed by atoms with E-state index in [1.54, 1.807) is 0 Å². The van der Waals surface area contributed by atoms with Crippen LogP contribution in [0.4, 0.5) is 0 Å². The van der Waals surface area contributed by atoms with Crippen LogP contribution in [0.5, 0.6) is 0 Å². The second kappa shape index (κ2) is 6.22. The molecule has 1 rings (SSSR count). The Morgan fingerprint density at radius 3 is 2.73 bits per heavy atom. The third kappa shape index (κ3) is 4.14. The number of aryl methyl sites for hydroxylation is 1. The van der Waals surface area contributed by atoms with Crippen molar-refractivity contribution in [2.45, 2.75) is 45.4 Å². The molecular weight excluding hydrogens is 192 g/mol. The van der Waals surface area contributed by atoms with Crippen LogP contribution in [0.2, 0.25) is 0 Å². The quantitative estimate of drug-likeness (QED) is 0.680. The van der Waals surface area contributed by atoms with E-state index in [0.717, 1.165) is 18.7 Å². The molecule has 0 unspecified atom stereocenters. The summed E-state index contributed by atoms with van der Waals surface area (Å²) in [4.78, 5) is 17.4. The van der Waals surface area contributed by atoms with Gasteiger partial charge >= 0.3 is 5.97 Å². The van der Waals surface area contributed by atoms with Gasteiger partial charge in [-0.1, -0.05) is 32.6 Å². The van der Waals surface area contributed by atoms with E-state index in [2.05, 4.69) is 16.9 Å². The van der Waals surface area contributed by atoms with Gasteiger partial charge in [-0.25, -0.2) is 9.78 Å². The smallest absolute Gasteiger partial charge is 0.353 e. The van der Waals surface area contributed by atoms with Gasteiger partial charge in [-0.3, -0.25) is 0 Å². The molecule has 4 heteroatoms. The van der Waals surface area contributed by atoms with Gasteiger partial charge in [0.2, 0.25) is 0 Å². The number of aromatic carboxylic acids is 1. The van der Waals surface area contributed by atoms with E-state index in [9.17, 15) is 4.79 Å². The summed E-state index contributed by atoms with van der Waals surface area (Å²) < 4.78 is 0. The summed E-state index contributed by atoms with van der Waals surface area (Å²) >= 11 is 0. The summed E-state index contributed by atoms with van der Waals surface area (Å²) in [7, 11) is 0. The lowest BCUT2D eigenvalue weighted by molar-refractivity contribution is 0.0691. The van der Waals surface area contributed by atoms with Gasteiger partial charge in [-0.2, -0.15) is 0 Å². The number of hydrogen-bond donors (Lipinski definition) is 2. The minimum atomic E-state index is -0.945. The molecule has 4 nitrogen and oxygen atoms in total. The number of carbonyl (C=O) groups is 1. The van der Waals surface area contributed by atoms with Crippen molar-refractivity contribution in [3.05, 3.63) is 17.7 Å². The van der Waals surface area contributed by atoms with Gasteiger partial charge in [-0.15, -0.1) is 0 Å². The van der Waals surface area contributed by atoms with Crippen molar-refractivity contribution in [3.63, 3.8) is 0 Å². The molecule has 0 aliphatic rings. The summed E-state index contributed by atoms with van der Waals surface area (Å²) in [6, 6.07) is 0. The van der Waals surface area contributed by atoms with Crippen LogP contribution in [-0.2, 0) is 6.42 Å². The molecule has 0 spiro atoms. The number of aromatic amines is 1. The third-order valence-corrected chi connectivity index (χ3v) is 2.38. The first-order valence-corrected chi connectivity index (χ1v) is 5.51. The fourth-order valence-electron chi connectivity index (χ4n) is 1.49. The normalized spacial score (nSPS) is 10.5. The number of imidazole rings is 1. The van der Waals surface area contributed by atoms with Gasteiger partial charge in [0.15, 0.2) is 0 Å². The first-order valence-electron chi connectivity index (χ1n) is 5.51. The van der Waals surface area contributed by atoms with Crippen LogP contribution in [0, 0.1) is 0 Å². The van der Waals surface area contributed by atoms with Crippen LogP contribution in [0.1, 0.15) is 55.3 Å². The van der Waals surface area contributed by atoms with Gasteiger partial charge in [0.05, 0.1) is 6.20 Å². The summed E-state index contributed by atoms with van der Waals surface area (Å²) in [6.07, 6.45) is 8.26. The molecule has 1 aromatic rings.